The van der Waals surface area contributed by atoms with Gasteiger partial charge >= 0.3 is 0 Å². The van der Waals surface area contributed by atoms with Gasteiger partial charge in [-0.1, -0.05) is 17.7 Å². The molecule has 0 fully saturated rings. The summed E-state index contributed by atoms with van der Waals surface area (Å²) < 4.78 is 13.0. The van der Waals surface area contributed by atoms with Crippen molar-refractivity contribution < 1.29 is 14.3 Å². The van der Waals surface area contributed by atoms with Gasteiger partial charge in [0.25, 0.3) is 5.56 Å². The molecule has 0 aliphatic rings. The molecule has 2 aromatic heterocycles. The van der Waals surface area contributed by atoms with Crippen LogP contribution in [0.1, 0.15) is 0 Å². The topological polar surface area (TPSA) is 82.5 Å². The van der Waals surface area contributed by atoms with E-state index in [0.29, 0.717) is 32.4 Å². The average molecular weight is 430 g/mol. The molecule has 4 rings (SSSR count). The number of halogens is 1. The number of nitrogens with one attached hydrogen (secondary N) is 1. The van der Waals surface area contributed by atoms with Gasteiger partial charge in [0, 0.05) is 21.8 Å². The lowest BCUT2D eigenvalue weighted by Crippen LogP contribution is -2.27. The Morgan fingerprint density at radius 3 is 2.76 bits per heavy atom. The van der Waals surface area contributed by atoms with Gasteiger partial charge < -0.3 is 14.8 Å². The maximum Gasteiger partial charge on any atom is 0.271 e. The van der Waals surface area contributed by atoms with Crippen LogP contribution in [0.2, 0.25) is 5.02 Å². The number of rotatable bonds is 5. The highest BCUT2D eigenvalue weighted by molar-refractivity contribution is 7.25. The van der Waals surface area contributed by atoms with Crippen molar-refractivity contribution in [3.63, 3.8) is 0 Å². The third kappa shape index (κ3) is 3.52. The van der Waals surface area contributed by atoms with E-state index >= 15 is 0 Å². The van der Waals surface area contributed by atoms with E-state index in [2.05, 4.69) is 10.3 Å². The van der Waals surface area contributed by atoms with Gasteiger partial charge in [-0.3, -0.25) is 14.2 Å². The number of aromatic nitrogens is 2. The zero-order valence-electron chi connectivity index (χ0n) is 15.6. The van der Waals surface area contributed by atoms with Gasteiger partial charge in [-0.2, -0.15) is 0 Å². The highest BCUT2D eigenvalue weighted by Gasteiger charge is 2.15. The van der Waals surface area contributed by atoms with E-state index in [9.17, 15) is 9.59 Å². The zero-order valence-corrected chi connectivity index (χ0v) is 17.1. The smallest absolute Gasteiger partial charge is 0.271 e. The Morgan fingerprint density at radius 1 is 1.21 bits per heavy atom. The lowest BCUT2D eigenvalue weighted by molar-refractivity contribution is -0.116. The molecule has 0 aliphatic heterocycles. The number of methoxy groups -OCH3 is 2. The number of thiophene rings is 1. The Morgan fingerprint density at radius 2 is 2.00 bits per heavy atom. The average Bonchev–Trinajstić information content (AvgIpc) is 3.10. The number of carbonyl (C=O) groups excluding carboxylic acids is 1. The van der Waals surface area contributed by atoms with Crippen LogP contribution in [0.5, 0.6) is 11.5 Å². The summed E-state index contributed by atoms with van der Waals surface area (Å²) in [6.07, 6.45) is 1.37. The fourth-order valence-electron chi connectivity index (χ4n) is 3.05. The Balaban J connectivity index is 1.62. The molecule has 4 aromatic rings. The molecule has 0 saturated carbocycles. The van der Waals surface area contributed by atoms with Crippen molar-refractivity contribution in [1.82, 2.24) is 9.55 Å². The molecule has 148 valence electrons. The molecular weight excluding hydrogens is 414 g/mol. The van der Waals surface area contributed by atoms with Crippen molar-refractivity contribution in [2.45, 2.75) is 6.54 Å². The molecule has 29 heavy (non-hydrogen) atoms. The third-order valence-electron chi connectivity index (χ3n) is 4.40. The van der Waals surface area contributed by atoms with Crippen LogP contribution in [0.15, 0.2) is 47.5 Å². The fourth-order valence-corrected chi connectivity index (χ4v) is 4.50. The summed E-state index contributed by atoms with van der Waals surface area (Å²) in [5.74, 6) is 0.687. The van der Waals surface area contributed by atoms with Crippen LogP contribution in [0.3, 0.4) is 0 Å². The molecule has 0 atom stereocenters. The van der Waals surface area contributed by atoms with E-state index in [4.69, 9.17) is 21.1 Å². The number of carbonyl (C=O) groups is 1. The molecule has 0 radical (unpaired) electrons. The largest absolute Gasteiger partial charge is 0.493 e. The first-order valence-corrected chi connectivity index (χ1v) is 9.79. The minimum Gasteiger partial charge on any atom is -0.493 e. The van der Waals surface area contributed by atoms with Gasteiger partial charge in [-0.05, 0) is 24.3 Å². The van der Waals surface area contributed by atoms with Crippen molar-refractivity contribution >= 4 is 54.8 Å². The lowest BCUT2D eigenvalue weighted by Gasteiger charge is -2.11. The normalized spacial score (nSPS) is 11.0. The second-order valence-corrected chi connectivity index (χ2v) is 7.65. The van der Waals surface area contributed by atoms with Crippen LogP contribution in [-0.2, 0) is 11.3 Å². The summed E-state index contributed by atoms with van der Waals surface area (Å²) in [7, 11) is 3.05. The number of hydrogen-bond donors (Lipinski definition) is 1. The maximum absolute atomic E-state index is 12.9. The summed E-state index contributed by atoms with van der Waals surface area (Å²) in [6.45, 7) is -0.169. The van der Waals surface area contributed by atoms with Crippen molar-refractivity contribution in [1.29, 1.82) is 0 Å². The molecule has 9 heteroatoms. The molecule has 0 spiro atoms. The predicted octanol–water partition coefficient (Wildman–Crippen LogP) is 3.92. The van der Waals surface area contributed by atoms with E-state index in [0.717, 1.165) is 10.1 Å². The number of amides is 1. The van der Waals surface area contributed by atoms with Crippen molar-refractivity contribution in [2.75, 3.05) is 19.5 Å². The Kier molecular flexibility index (Phi) is 5.12. The maximum atomic E-state index is 12.9. The number of nitrogens with zero attached hydrogens (tertiary/aromatic N) is 2. The van der Waals surface area contributed by atoms with Crippen LogP contribution in [0.4, 0.5) is 5.69 Å². The standard InChI is InChI=1S/C20H16ClN3O4S/c1-27-13-7-6-11(8-14(13)28-2)23-16(25)9-24-10-22-18-17-12(21)4-3-5-15(17)29-19(18)20(24)26/h3-8,10H,9H2,1-2H3,(H,23,25). The highest BCUT2D eigenvalue weighted by atomic mass is 35.5. The third-order valence-corrected chi connectivity index (χ3v) is 5.85. The Labute approximate surface area is 174 Å². The lowest BCUT2D eigenvalue weighted by atomic mass is 10.2. The zero-order chi connectivity index (χ0) is 20.5. The molecule has 0 bridgehead atoms. The van der Waals surface area contributed by atoms with Gasteiger partial charge in [0.1, 0.15) is 11.2 Å². The fraction of sp³-hybridized carbons (Fsp3) is 0.150. The van der Waals surface area contributed by atoms with Crippen LogP contribution in [-0.4, -0.2) is 29.7 Å². The number of anilines is 1. The molecule has 0 unspecified atom stereocenters. The molecule has 7 nitrogen and oxygen atoms in total. The second-order valence-electron chi connectivity index (χ2n) is 6.19. The van der Waals surface area contributed by atoms with E-state index in [1.165, 1.54) is 36.5 Å². The summed E-state index contributed by atoms with van der Waals surface area (Å²) in [4.78, 5) is 29.7. The monoisotopic (exact) mass is 429 g/mol. The molecule has 0 aliphatic carbocycles. The van der Waals surface area contributed by atoms with Gasteiger partial charge in [-0.25, -0.2) is 4.98 Å². The molecule has 1 N–H and O–H groups in total. The first-order valence-electron chi connectivity index (χ1n) is 8.60. The first-order chi connectivity index (χ1) is 14.0. The van der Waals surface area contributed by atoms with Crippen LogP contribution in [0, 0.1) is 0 Å². The Hall–Kier alpha value is -3.10. The van der Waals surface area contributed by atoms with E-state index in [1.54, 1.807) is 24.3 Å². The van der Waals surface area contributed by atoms with E-state index in [-0.39, 0.29) is 18.0 Å². The van der Waals surface area contributed by atoms with Gasteiger partial charge in [-0.15, -0.1) is 11.3 Å². The van der Waals surface area contributed by atoms with Crippen molar-refractivity contribution in [3.8, 4) is 11.5 Å². The highest BCUT2D eigenvalue weighted by Crippen LogP contribution is 2.35. The molecule has 2 heterocycles. The minimum absolute atomic E-state index is 0.169. The SMILES string of the molecule is COc1ccc(NC(=O)Cn2cnc3c(sc4cccc(Cl)c43)c2=O)cc1OC. The molecule has 1 amide bonds. The van der Waals surface area contributed by atoms with E-state index < -0.39 is 0 Å². The summed E-state index contributed by atoms with van der Waals surface area (Å²) in [5, 5.41) is 4.05. The Bertz CT molecular complexity index is 1300. The first kappa shape index (κ1) is 19.2. The van der Waals surface area contributed by atoms with Crippen molar-refractivity contribution in [3.05, 3.63) is 58.1 Å². The molecule has 0 saturated heterocycles. The van der Waals surface area contributed by atoms with Gasteiger partial charge in [0.05, 0.1) is 31.1 Å². The number of hydrogen-bond acceptors (Lipinski definition) is 6. The summed E-state index contributed by atoms with van der Waals surface area (Å²) >= 11 is 7.58. The number of ether oxygens (including phenoxy) is 2. The molecule has 2 aromatic carbocycles. The van der Waals surface area contributed by atoms with Crippen LogP contribution < -0.4 is 20.3 Å². The van der Waals surface area contributed by atoms with E-state index in [1.807, 2.05) is 12.1 Å². The van der Waals surface area contributed by atoms with Gasteiger partial charge in [0.15, 0.2) is 11.5 Å². The van der Waals surface area contributed by atoms with Crippen LogP contribution in [0.25, 0.3) is 20.3 Å². The number of fused-ring (bicyclic) bond motifs is 3. The minimum atomic E-state index is -0.361. The van der Waals surface area contributed by atoms with Crippen molar-refractivity contribution in [2.24, 2.45) is 0 Å². The summed E-state index contributed by atoms with van der Waals surface area (Å²) in [6, 6.07) is 10.5. The molecular formula is C20H16ClN3O4S. The second kappa shape index (κ2) is 7.73. The number of benzene rings is 2. The summed E-state index contributed by atoms with van der Waals surface area (Å²) in [5.41, 5.74) is 0.801. The predicted molar refractivity (Wildman–Crippen MR) is 115 cm³/mol. The van der Waals surface area contributed by atoms with Gasteiger partial charge in [0.2, 0.25) is 5.91 Å². The van der Waals surface area contributed by atoms with Crippen LogP contribution >= 0.6 is 22.9 Å². The quantitative estimate of drug-likeness (QED) is 0.520.